The normalized spacial score (nSPS) is 10.9. The van der Waals surface area contributed by atoms with E-state index in [4.69, 9.17) is 0 Å². The lowest BCUT2D eigenvalue weighted by Gasteiger charge is -2.30. The SMILES string of the molecule is CCC(CC)N(CCBr)C(=O)Cc1cccc(F)c1F. The van der Waals surface area contributed by atoms with Crippen LogP contribution in [0.3, 0.4) is 0 Å². The third kappa shape index (κ3) is 4.27. The number of amides is 1. The van der Waals surface area contributed by atoms with Crippen molar-refractivity contribution in [2.75, 3.05) is 11.9 Å². The van der Waals surface area contributed by atoms with Crippen LogP contribution in [0.25, 0.3) is 0 Å². The molecular formula is C15H20BrF2NO. The minimum atomic E-state index is -0.927. The maximum atomic E-state index is 13.6. The zero-order valence-corrected chi connectivity index (χ0v) is 13.4. The Labute approximate surface area is 127 Å². The first-order valence-electron chi connectivity index (χ1n) is 6.83. The van der Waals surface area contributed by atoms with Gasteiger partial charge in [0.05, 0.1) is 6.42 Å². The van der Waals surface area contributed by atoms with Gasteiger partial charge in [-0.3, -0.25) is 4.79 Å². The van der Waals surface area contributed by atoms with E-state index in [0.29, 0.717) is 11.9 Å². The van der Waals surface area contributed by atoms with Crippen LogP contribution in [0, 0.1) is 11.6 Å². The molecule has 2 nitrogen and oxygen atoms in total. The number of carbonyl (C=O) groups is 1. The predicted octanol–water partition coefficient (Wildman–Crippen LogP) is 3.92. The highest BCUT2D eigenvalue weighted by Gasteiger charge is 2.22. The molecule has 0 N–H and O–H groups in total. The molecule has 0 aliphatic heterocycles. The molecule has 0 aliphatic carbocycles. The summed E-state index contributed by atoms with van der Waals surface area (Å²) in [7, 11) is 0. The fourth-order valence-corrected chi connectivity index (χ4v) is 2.66. The van der Waals surface area contributed by atoms with Crippen molar-refractivity contribution < 1.29 is 13.6 Å². The van der Waals surface area contributed by atoms with E-state index >= 15 is 0 Å². The first kappa shape index (κ1) is 17.1. The molecule has 0 saturated carbocycles. The van der Waals surface area contributed by atoms with E-state index in [1.807, 2.05) is 13.8 Å². The molecule has 112 valence electrons. The molecule has 20 heavy (non-hydrogen) atoms. The summed E-state index contributed by atoms with van der Waals surface area (Å²) in [6.07, 6.45) is 1.59. The maximum Gasteiger partial charge on any atom is 0.227 e. The average Bonchev–Trinajstić information content (AvgIpc) is 2.44. The Morgan fingerprint density at radius 3 is 2.50 bits per heavy atom. The lowest BCUT2D eigenvalue weighted by Crippen LogP contribution is -2.42. The average molecular weight is 348 g/mol. The van der Waals surface area contributed by atoms with Crippen molar-refractivity contribution in [2.45, 2.75) is 39.2 Å². The molecule has 0 fully saturated rings. The molecule has 1 amide bonds. The molecule has 0 radical (unpaired) electrons. The standard InChI is InChI=1S/C15H20BrF2NO/c1-3-12(4-2)19(9-8-16)14(20)10-11-6-5-7-13(17)15(11)18/h5-7,12H,3-4,8-10H2,1-2H3. The Bertz CT molecular complexity index is 449. The number of benzene rings is 1. The van der Waals surface area contributed by atoms with Crippen molar-refractivity contribution in [3.63, 3.8) is 0 Å². The second kappa shape index (κ2) is 8.35. The van der Waals surface area contributed by atoms with E-state index in [1.165, 1.54) is 12.1 Å². The van der Waals surface area contributed by atoms with Gasteiger partial charge < -0.3 is 4.90 Å². The molecule has 0 unspecified atom stereocenters. The summed E-state index contributed by atoms with van der Waals surface area (Å²) in [5.74, 6) is -2.00. The lowest BCUT2D eigenvalue weighted by atomic mass is 10.1. The minimum absolute atomic E-state index is 0.104. The Hall–Kier alpha value is -0.970. The van der Waals surface area contributed by atoms with Crippen LogP contribution >= 0.6 is 15.9 Å². The summed E-state index contributed by atoms with van der Waals surface area (Å²) in [4.78, 5) is 14.1. The van der Waals surface area contributed by atoms with Gasteiger partial charge in [0.2, 0.25) is 5.91 Å². The molecule has 0 atom stereocenters. The van der Waals surface area contributed by atoms with E-state index < -0.39 is 11.6 Å². The van der Waals surface area contributed by atoms with Gasteiger partial charge in [-0.05, 0) is 18.9 Å². The van der Waals surface area contributed by atoms with Crippen LogP contribution in [0.5, 0.6) is 0 Å². The van der Waals surface area contributed by atoms with Gasteiger partial charge in [-0.15, -0.1) is 0 Å². The minimum Gasteiger partial charge on any atom is -0.339 e. The Morgan fingerprint density at radius 2 is 1.95 bits per heavy atom. The van der Waals surface area contributed by atoms with Gasteiger partial charge in [0.25, 0.3) is 0 Å². The summed E-state index contributed by atoms with van der Waals surface area (Å²) in [6.45, 7) is 4.61. The van der Waals surface area contributed by atoms with E-state index in [9.17, 15) is 13.6 Å². The smallest absolute Gasteiger partial charge is 0.227 e. The third-order valence-corrected chi connectivity index (χ3v) is 3.76. The molecule has 1 rings (SSSR count). The summed E-state index contributed by atoms with van der Waals surface area (Å²) in [6, 6.07) is 4.07. The van der Waals surface area contributed by atoms with Gasteiger partial charge >= 0.3 is 0 Å². The van der Waals surface area contributed by atoms with Crippen molar-refractivity contribution in [2.24, 2.45) is 0 Å². The Kier molecular flexibility index (Phi) is 7.13. The molecule has 1 aromatic carbocycles. The molecule has 1 aromatic rings. The van der Waals surface area contributed by atoms with Crippen molar-refractivity contribution in [1.29, 1.82) is 0 Å². The summed E-state index contributed by atoms with van der Waals surface area (Å²) >= 11 is 3.33. The fraction of sp³-hybridized carbons (Fsp3) is 0.533. The molecule has 0 spiro atoms. The third-order valence-electron chi connectivity index (χ3n) is 3.40. The van der Waals surface area contributed by atoms with Crippen molar-refractivity contribution in [3.05, 3.63) is 35.4 Å². The number of rotatable bonds is 7. The molecule has 5 heteroatoms. The fourth-order valence-electron chi connectivity index (χ4n) is 2.28. The Morgan fingerprint density at radius 1 is 1.30 bits per heavy atom. The number of halogens is 3. The van der Waals surface area contributed by atoms with Crippen molar-refractivity contribution >= 4 is 21.8 Å². The van der Waals surface area contributed by atoms with Gasteiger partial charge in [0.15, 0.2) is 11.6 Å². The van der Waals surface area contributed by atoms with Crippen LogP contribution in [0.4, 0.5) is 8.78 Å². The molecule has 0 heterocycles. The topological polar surface area (TPSA) is 20.3 Å². The van der Waals surface area contributed by atoms with Gasteiger partial charge in [0, 0.05) is 23.5 Å². The van der Waals surface area contributed by atoms with E-state index in [-0.39, 0.29) is 23.9 Å². The number of carbonyl (C=O) groups excluding carboxylic acids is 1. The van der Waals surface area contributed by atoms with Gasteiger partial charge in [0.1, 0.15) is 0 Å². The largest absolute Gasteiger partial charge is 0.339 e. The van der Waals surface area contributed by atoms with Gasteiger partial charge in [-0.1, -0.05) is 41.9 Å². The van der Waals surface area contributed by atoms with E-state index in [0.717, 1.165) is 18.9 Å². The Balaban J connectivity index is 2.88. The van der Waals surface area contributed by atoms with Gasteiger partial charge in [-0.2, -0.15) is 0 Å². The molecule has 0 bridgehead atoms. The molecular weight excluding hydrogens is 328 g/mol. The summed E-state index contributed by atoms with van der Waals surface area (Å²) < 4.78 is 26.8. The summed E-state index contributed by atoms with van der Waals surface area (Å²) in [5.41, 5.74) is 0.112. The molecule has 0 aromatic heterocycles. The summed E-state index contributed by atoms with van der Waals surface area (Å²) in [5, 5.41) is 0.668. The van der Waals surface area contributed by atoms with Crippen LogP contribution in [-0.2, 0) is 11.2 Å². The van der Waals surface area contributed by atoms with Crippen molar-refractivity contribution in [3.8, 4) is 0 Å². The van der Waals surface area contributed by atoms with Crippen LogP contribution in [0.2, 0.25) is 0 Å². The van der Waals surface area contributed by atoms with Crippen LogP contribution in [0.15, 0.2) is 18.2 Å². The van der Waals surface area contributed by atoms with Crippen LogP contribution in [0.1, 0.15) is 32.3 Å². The van der Waals surface area contributed by atoms with Crippen LogP contribution < -0.4 is 0 Å². The number of hydrogen-bond donors (Lipinski definition) is 0. The van der Waals surface area contributed by atoms with E-state index in [2.05, 4.69) is 15.9 Å². The number of hydrogen-bond acceptors (Lipinski definition) is 1. The highest BCUT2D eigenvalue weighted by Crippen LogP contribution is 2.16. The zero-order valence-electron chi connectivity index (χ0n) is 11.8. The number of nitrogens with zero attached hydrogens (tertiary/aromatic N) is 1. The van der Waals surface area contributed by atoms with E-state index in [1.54, 1.807) is 4.90 Å². The highest BCUT2D eigenvalue weighted by atomic mass is 79.9. The maximum absolute atomic E-state index is 13.6. The lowest BCUT2D eigenvalue weighted by molar-refractivity contribution is -0.132. The highest BCUT2D eigenvalue weighted by molar-refractivity contribution is 9.09. The predicted molar refractivity (Wildman–Crippen MR) is 79.9 cm³/mol. The molecule has 0 aliphatic rings. The zero-order chi connectivity index (χ0) is 15.1. The molecule has 0 saturated heterocycles. The second-order valence-electron chi connectivity index (χ2n) is 4.64. The van der Waals surface area contributed by atoms with Crippen molar-refractivity contribution in [1.82, 2.24) is 4.90 Å². The van der Waals surface area contributed by atoms with Gasteiger partial charge in [-0.25, -0.2) is 8.78 Å². The first-order valence-corrected chi connectivity index (χ1v) is 7.95. The van der Waals surface area contributed by atoms with Crippen LogP contribution in [-0.4, -0.2) is 28.7 Å². The monoisotopic (exact) mass is 347 g/mol. The number of alkyl halides is 1. The second-order valence-corrected chi connectivity index (χ2v) is 5.43. The first-order chi connectivity index (χ1) is 9.54. The quantitative estimate of drug-likeness (QED) is 0.684.